The van der Waals surface area contributed by atoms with Crippen LogP contribution in [0.1, 0.15) is 83.1 Å². The van der Waals surface area contributed by atoms with Crippen molar-refractivity contribution in [3.8, 4) is 5.75 Å². The molecule has 0 radical (unpaired) electrons. The molecule has 0 amide bonds. The predicted octanol–water partition coefficient (Wildman–Crippen LogP) is 7.18. The number of fused-ring (bicyclic) bond motifs is 1. The number of ether oxygens (including phenoxy) is 2. The van der Waals surface area contributed by atoms with Crippen LogP contribution >= 0.6 is 0 Å². The van der Waals surface area contributed by atoms with Crippen molar-refractivity contribution in [1.82, 2.24) is 0 Å². The highest BCUT2D eigenvalue weighted by Gasteiger charge is 2.40. The molecule has 0 N–H and O–H groups in total. The quantitative estimate of drug-likeness (QED) is 0.416. The van der Waals surface area contributed by atoms with Crippen molar-refractivity contribution < 1.29 is 18.3 Å². The minimum atomic E-state index is -0.853. The summed E-state index contributed by atoms with van der Waals surface area (Å²) in [5.41, 5.74) is 2.02. The van der Waals surface area contributed by atoms with E-state index in [1.807, 2.05) is 0 Å². The Morgan fingerprint density at radius 1 is 0.967 bits per heavy atom. The Labute approximate surface area is 180 Å². The van der Waals surface area contributed by atoms with E-state index in [1.54, 1.807) is 19.1 Å². The zero-order chi connectivity index (χ0) is 21.1. The molecule has 3 aliphatic rings. The summed E-state index contributed by atoms with van der Waals surface area (Å²) < 4.78 is 40.2. The first-order valence-corrected chi connectivity index (χ1v) is 12.0. The van der Waals surface area contributed by atoms with Gasteiger partial charge >= 0.3 is 0 Å². The van der Waals surface area contributed by atoms with Crippen LogP contribution < -0.4 is 4.74 Å². The number of halogens is 2. The molecular formula is C26H36F2O2. The van der Waals surface area contributed by atoms with Crippen molar-refractivity contribution >= 4 is 0 Å². The zero-order valence-corrected chi connectivity index (χ0v) is 18.5. The normalized spacial score (nSPS) is 30.9. The molecule has 2 nitrogen and oxygen atoms in total. The summed E-state index contributed by atoms with van der Waals surface area (Å²) in [5, 5.41) is 0. The molecule has 166 valence electrons. The zero-order valence-electron chi connectivity index (χ0n) is 18.5. The Hall–Kier alpha value is -1.42. The van der Waals surface area contributed by atoms with Crippen LogP contribution in [0.25, 0.3) is 0 Å². The second-order valence-corrected chi connectivity index (χ2v) is 9.41. The van der Waals surface area contributed by atoms with Gasteiger partial charge in [-0.25, -0.2) is 4.39 Å². The molecule has 0 bridgehead atoms. The first-order valence-electron chi connectivity index (χ1n) is 12.0. The van der Waals surface area contributed by atoms with E-state index in [0.29, 0.717) is 12.2 Å². The van der Waals surface area contributed by atoms with Gasteiger partial charge in [-0.05, 0) is 92.7 Å². The van der Waals surface area contributed by atoms with E-state index < -0.39 is 11.6 Å². The van der Waals surface area contributed by atoms with Crippen molar-refractivity contribution in [3.63, 3.8) is 0 Å². The average Bonchev–Trinajstić information content (AvgIpc) is 3.34. The Kier molecular flexibility index (Phi) is 7.12. The summed E-state index contributed by atoms with van der Waals surface area (Å²) in [7, 11) is 0. The number of hydrogen-bond acceptors (Lipinski definition) is 2. The van der Waals surface area contributed by atoms with E-state index in [0.717, 1.165) is 50.0 Å². The molecule has 4 rings (SSSR count). The van der Waals surface area contributed by atoms with Crippen LogP contribution in [0.15, 0.2) is 23.8 Å². The Morgan fingerprint density at radius 2 is 1.77 bits per heavy atom. The van der Waals surface area contributed by atoms with Gasteiger partial charge in [-0.2, -0.15) is 4.39 Å². The van der Waals surface area contributed by atoms with Crippen molar-refractivity contribution in [2.24, 2.45) is 17.8 Å². The van der Waals surface area contributed by atoms with Gasteiger partial charge in [0.15, 0.2) is 11.6 Å². The van der Waals surface area contributed by atoms with E-state index in [2.05, 4.69) is 13.0 Å². The molecule has 3 aliphatic carbocycles. The monoisotopic (exact) mass is 418 g/mol. The third-order valence-corrected chi connectivity index (χ3v) is 7.74. The lowest BCUT2D eigenvalue weighted by Gasteiger charge is -2.30. The largest absolute Gasteiger partial charge is 0.491 e. The van der Waals surface area contributed by atoms with Gasteiger partial charge in [0.25, 0.3) is 0 Å². The summed E-state index contributed by atoms with van der Waals surface area (Å²) >= 11 is 0. The van der Waals surface area contributed by atoms with Gasteiger partial charge in [0.1, 0.15) is 0 Å². The number of rotatable bonds is 8. The van der Waals surface area contributed by atoms with E-state index in [4.69, 9.17) is 9.47 Å². The molecule has 2 saturated carbocycles. The van der Waals surface area contributed by atoms with Crippen molar-refractivity contribution in [2.75, 3.05) is 13.2 Å². The lowest BCUT2D eigenvalue weighted by molar-refractivity contribution is 0.0348. The molecule has 0 aliphatic heterocycles. The van der Waals surface area contributed by atoms with Crippen LogP contribution in [0.5, 0.6) is 5.75 Å². The average molecular weight is 419 g/mol. The van der Waals surface area contributed by atoms with E-state index in [1.165, 1.54) is 37.7 Å². The standard InChI is InChI=1S/C26H36F2O2/c1-3-5-17-8-12-22-19(9-13-21(17)22)16-30-20-10-6-18(7-11-20)23-14-15-24(29-4-2)26(28)25(23)27/h9,14-15,17-18,20-22H,3-8,10-13,16H2,1-2H3. The van der Waals surface area contributed by atoms with E-state index in [-0.39, 0.29) is 17.8 Å². The van der Waals surface area contributed by atoms with Crippen LogP contribution in [0.2, 0.25) is 0 Å². The first-order chi connectivity index (χ1) is 14.6. The molecule has 0 saturated heterocycles. The fourth-order valence-corrected chi connectivity index (χ4v) is 6.18. The summed E-state index contributed by atoms with van der Waals surface area (Å²) in [4.78, 5) is 0. The Morgan fingerprint density at radius 3 is 2.50 bits per heavy atom. The van der Waals surface area contributed by atoms with Gasteiger partial charge in [-0.15, -0.1) is 0 Å². The third-order valence-electron chi connectivity index (χ3n) is 7.74. The molecular weight excluding hydrogens is 382 g/mol. The molecule has 1 aromatic carbocycles. The maximum Gasteiger partial charge on any atom is 0.200 e. The summed E-state index contributed by atoms with van der Waals surface area (Å²) in [6, 6.07) is 3.27. The smallest absolute Gasteiger partial charge is 0.200 e. The fraction of sp³-hybridized carbons (Fsp3) is 0.692. The maximum atomic E-state index is 14.5. The fourth-order valence-electron chi connectivity index (χ4n) is 6.18. The molecule has 3 unspecified atom stereocenters. The van der Waals surface area contributed by atoms with Crippen LogP contribution in [-0.4, -0.2) is 19.3 Å². The van der Waals surface area contributed by atoms with Gasteiger partial charge in [0.2, 0.25) is 5.82 Å². The number of benzene rings is 1. The van der Waals surface area contributed by atoms with Gasteiger partial charge in [-0.1, -0.05) is 31.9 Å². The van der Waals surface area contributed by atoms with Crippen LogP contribution in [0.3, 0.4) is 0 Å². The Balaban J connectivity index is 1.26. The molecule has 1 aromatic rings. The molecule has 2 fully saturated rings. The summed E-state index contributed by atoms with van der Waals surface area (Å²) in [6.07, 6.45) is 12.8. The van der Waals surface area contributed by atoms with Gasteiger partial charge in [-0.3, -0.25) is 0 Å². The second-order valence-electron chi connectivity index (χ2n) is 9.41. The van der Waals surface area contributed by atoms with Crippen molar-refractivity contribution in [1.29, 1.82) is 0 Å². The molecule has 0 aromatic heterocycles. The molecule has 30 heavy (non-hydrogen) atoms. The van der Waals surface area contributed by atoms with Crippen LogP contribution in [-0.2, 0) is 4.74 Å². The summed E-state index contributed by atoms with van der Waals surface area (Å²) in [5.74, 6) is 0.995. The van der Waals surface area contributed by atoms with E-state index in [9.17, 15) is 8.78 Å². The predicted molar refractivity (Wildman–Crippen MR) is 116 cm³/mol. The second kappa shape index (κ2) is 9.80. The third kappa shape index (κ3) is 4.44. The van der Waals surface area contributed by atoms with Gasteiger partial charge in [0.05, 0.1) is 19.3 Å². The number of allylic oxidation sites excluding steroid dienone is 1. The highest BCUT2D eigenvalue weighted by Crippen LogP contribution is 2.49. The van der Waals surface area contributed by atoms with Crippen LogP contribution in [0, 0.1) is 29.4 Å². The van der Waals surface area contributed by atoms with Gasteiger partial charge < -0.3 is 9.47 Å². The highest BCUT2D eigenvalue weighted by molar-refractivity contribution is 5.33. The van der Waals surface area contributed by atoms with E-state index >= 15 is 0 Å². The van der Waals surface area contributed by atoms with Crippen LogP contribution in [0.4, 0.5) is 8.78 Å². The molecule has 0 spiro atoms. The minimum Gasteiger partial charge on any atom is -0.491 e. The lowest BCUT2D eigenvalue weighted by Crippen LogP contribution is -2.23. The molecule has 0 heterocycles. The van der Waals surface area contributed by atoms with Crippen molar-refractivity contribution in [2.45, 2.75) is 83.7 Å². The number of hydrogen-bond donors (Lipinski definition) is 0. The topological polar surface area (TPSA) is 18.5 Å². The highest BCUT2D eigenvalue weighted by atomic mass is 19.2. The lowest BCUT2D eigenvalue weighted by atomic mass is 9.82. The molecule has 4 heteroatoms. The summed E-state index contributed by atoms with van der Waals surface area (Å²) in [6.45, 7) is 5.16. The van der Waals surface area contributed by atoms with Gasteiger partial charge in [0, 0.05) is 0 Å². The SMILES string of the molecule is CCCC1CCC2C(COC3CCC(c4ccc(OCC)c(F)c4F)CC3)=CCC12. The molecule has 3 atom stereocenters. The first kappa shape index (κ1) is 21.8. The van der Waals surface area contributed by atoms with Crippen molar-refractivity contribution in [3.05, 3.63) is 41.0 Å². The maximum absolute atomic E-state index is 14.5. The Bertz CT molecular complexity index is 752. The minimum absolute atomic E-state index is 0.00648.